The fourth-order valence-corrected chi connectivity index (χ4v) is 2.40. The molecule has 1 amide bonds. The molecule has 0 fully saturated rings. The van der Waals surface area contributed by atoms with Gasteiger partial charge >= 0.3 is 0 Å². The summed E-state index contributed by atoms with van der Waals surface area (Å²) in [7, 11) is 0. The molecule has 19 heavy (non-hydrogen) atoms. The van der Waals surface area contributed by atoms with E-state index in [9.17, 15) is 14.0 Å². The van der Waals surface area contributed by atoms with Gasteiger partial charge in [0.1, 0.15) is 0 Å². The molecule has 0 spiro atoms. The van der Waals surface area contributed by atoms with Gasteiger partial charge in [-0.3, -0.25) is 9.59 Å². The van der Waals surface area contributed by atoms with E-state index in [1.165, 1.54) is 31.2 Å². The Morgan fingerprint density at radius 3 is 2.53 bits per heavy atom. The van der Waals surface area contributed by atoms with Crippen LogP contribution in [-0.2, 0) is 0 Å². The zero-order valence-electron chi connectivity index (χ0n) is 9.87. The van der Waals surface area contributed by atoms with Crippen molar-refractivity contribution in [2.45, 2.75) is 6.92 Å². The van der Waals surface area contributed by atoms with Gasteiger partial charge in [-0.2, -0.15) is 0 Å². The monoisotopic (exact) mass is 297 g/mol. The van der Waals surface area contributed by atoms with Crippen molar-refractivity contribution in [3.63, 3.8) is 0 Å². The molecular formula is C13H9ClFNO2S. The lowest BCUT2D eigenvalue weighted by molar-refractivity contribution is 0.101. The van der Waals surface area contributed by atoms with Crippen molar-refractivity contribution in [3.8, 4) is 0 Å². The number of ketones is 1. The minimum absolute atomic E-state index is 0.00951. The molecule has 0 atom stereocenters. The lowest BCUT2D eigenvalue weighted by atomic mass is 10.3. The van der Waals surface area contributed by atoms with E-state index in [1.807, 2.05) is 0 Å². The van der Waals surface area contributed by atoms with E-state index in [2.05, 4.69) is 5.32 Å². The molecule has 2 rings (SSSR count). The lowest BCUT2D eigenvalue weighted by Gasteiger charge is -2.05. The first kappa shape index (κ1) is 13.7. The van der Waals surface area contributed by atoms with Gasteiger partial charge in [0.05, 0.1) is 20.5 Å². The summed E-state index contributed by atoms with van der Waals surface area (Å²) in [5.41, 5.74) is 0.00951. The summed E-state index contributed by atoms with van der Waals surface area (Å²) < 4.78 is 13.6. The summed E-state index contributed by atoms with van der Waals surface area (Å²) in [6.07, 6.45) is 0. The van der Waals surface area contributed by atoms with Crippen LogP contribution in [0.25, 0.3) is 0 Å². The molecule has 0 bridgehead atoms. The summed E-state index contributed by atoms with van der Waals surface area (Å²) in [5, 5.41) is 2.36. The molecule has 1 aromatic heterocycles. The van der Waals surface area contributed by atoms with Gasteiger partial charge in [-0.15, -0.1) is 11.3 Å². The van der Waals surface area contributed by atoms with Crippen molar-refractivity contribution in [2.24, 2.45) is 0 Å². The Morgan fingerprint density at radius 1 is 1.21 bits per heavy atom. The normalized spacial score (nSPS) is 10.3. The highest BCUT2D eigenvalue weighted by Crippen LogP contribution is 2.24. The Hall–Kier alpha value is -1.72. The number of hydrogen-bond donors (Lipinski definition) is 1. The Balaban J connectivity index is 2.21. The van der Waals surface area contributed by atoms with Gasteiger partial charge in [-0.05, 0) is 31.2 Å². The average Bonchev–Trinajstić information content (AvgIpc) is 2.84. The quantitative estimate of drug-likeness (QED) is 0.871. The van der Waals surface area contributed by atoms with Crippen LogP contribution in [0, 0.1) is 5.82 Å². The molecule has 0 saturated carbocycles. The van der Waals surface area contributed by atoms with Crippen LogP contribution < -0.4 is 5.32 Å². The van der Waals surface area contributed by atoms with Crippen LogP contribution in [0.1, 0.15) is 26.3 Å². The fourth-order valence-electron chi connectivity index (χ4n) is 1.43. The van der Waals surface area contributed by atoms with Crippen LogP contribution in [0.4, 0.5) is 10.1 Å². The molecule has 1 N–H and O–H groups in total. The molecule has 2 aromatic rings. The van der Waals surface area contributed by atoms with Gasteiger partial charge in [-0.25, -0.2) is 4.39 Å². The van der Waals surface area contributed by atoms with Crippen molar-refractivity contribution in [1.82, 2.24) is 0 Å². The summed E-state index contributed by atoms with van der Waals surface area (Å²) in [6.45, 7) is 1.42. The first-order valence-electron chi connectivity index (χ1n) is 5.35. The summed E-state index contributed by atoms with van der Waals surface area (Å²) in [4.78, 5) is 23.9. The van der Waals surface area contributed by atoms with Crippen LogP contribution in [0.3, 0.4) is 0 Å². The number of hydrogen-bond acceptors (Lipinski definition) is 3. The molecule has 0 aliphatic carbocycles. The Morgan fingerprint density at radius 2 is 1.89 bits per heavy atom. The zero-order chi connectivity index (χ0) is 14.0. The maximum Gasteiger partial charge on any atom is 0.265 e. The van der Waals surface area contributed by atoms with Crippen LogP contribution in [0.15, 0.2) is 30.3 Å². The van der Waals surface area contributed by atoms with Crippen molar-refractivity contribution in [3.05, 3.63) is 50.9 Å². The van der Waals surface area contributed by atoms with Crippen molar-refractivity contribution in [1.29, 1.82) is 0 Å². The SMILES string of the molecule is CC(=O)c1ccc(C(=O)Nc2cccc(Cl)c2F)s1. The van der Waals surface area contributed by atoms with E-state index < -0.39 is 11.7 Å². The second-order valence-corrected chi connectivity index (χ2v) is 5.27. The Bertz CT molecular complexity index is 654. The third kappa shape index (κ3) is 3.00. The standard InChI is InChI=1S/C13H9ClFNO2S/c1-7(17)10-5-6-11(19-10)13(18)16-9-4-2-3-8(14)12(9)15/h2-6H,1H3,(H,16,18). The number of rotatable bonds is 3. The molecule has 3 nitrogen and oxygen atoms in total. The predicted octanol–water partition coefficient (Wildman–Crippen LogP) is 4.00. The Labute approximate surface area is 118 Å². The fraction of sp³-hybridized carbons (Fsp3) is 0.0769. The lowest BCUT2D eigenvalue weighted by Crippen LogP contribution is -2.11. The molecule has 0 radical (unpaired) electrons. The van der Waals surface area contributed by atoms with Gasteiger partial charge in [0.25, 0.3) is 5.91 Å². The maximum absolute atomic E-state index is 13.6. The first-order chi connectivity index (χ1) is 8.99. The van der Waals surface area contributed by atoms with Gasteiger partial charge in [0.15, 0.2) is 11.6 Å². The van der Waals surface area contributed by atoms with E-state index in [0.29, 0.717) is 9.75 Å². The maximum atomic E-state index is 13.6. The minimum Gasteiger partial charge on any atom is -0.319 e. The van der Waals surface area contributed by atoms with E-state index >= 15 is 0 Å². The van der Waals surface area contributed by atoms with Gasteiger partial charge in [0, 0.05) is 0 Å². The van der Waals surface area contributed by atoms with Gasteiger partial charge < -0.3 is 5.32 Å². The van der Waals surface area contributed by atoms with Gasteiger partial charge in [-0.1, -0.05) is 17.7 Å². The van der Waals surface area contributed by atoms with Crippen LogP contribution in [0.2, 0.25) is 5.02 Å². The summed E-state index contributed by atoms with van der Waals surface area (Å²) in [5.74, 6) is -1.27. The predicted molar refractivity (Wildman–Crippen MR) is 73.7 cm³/mol. The van der Waals surface area contributed by atoms with E-state index in [-0.39, 0.29) is 16.5 Å². The van der Waals surface area contributed by atoms with E-state index in [1.54, 1.807) is 6.07 Å². The highest BCUT2D eigenvalue weighted by Gasteiger charge is 2.14. The number of amides is 1. The molecule has 1 heterocycles. The first-order valence-corrected chi connectivity index (χ1v) is 6.54. The third-order valence-electron chi connectivity index (χ3n) is 2.38. The van der Waals surface area contributed by atoms with Crippen LogP contribution >= 0.6 is 22.9 Å². The second kappa shape index (κ2) is 5.50. The van der Waals surface area contributed by atoms with E-state index in [4.69, 9.17) is 11.6 Å². The van der Waals surface area contributed by atoms with Gasteiger partial charge in [0.2, 0.25) is 0 Å². The number of Topliss-reactive ketones (excluding diaryl/α,β-unsaturated/α-hetero) is 1. The molecule has 1 aromatic carbocycles. The highest BCUT2D eigenvalue weighted by molar-refractivity contribution is 7.16. The van der Waals surface area contributed by atoms with E-state index in [0.717, 1.165) is 11.3 Å². The molecule has 0 aliphatic heterocycles. The van der Waals surface area contributed by atoms with Crippen molar-refractivity contribution in [2.75, 3.05) is 5.32 Å². The number of carbonyl (C=O) groups excluding carboxylic acids is 2. The topological polar surface area (TPSA) is 46.2 Å². The number of benzene rings is 1. The smallest absolute Gasteiger partial charge is 0.265 e. The number of anilines is 1. The molecule has 0 aliphatic rings. The Kier molecular flexibility index (Phi) is 3.97. The van der Waals surface area contributed by atoms with Crippen molar-refractivity contribution >= 4 is 40.3 Å². The number of carbonyl (C=O) groups is 2. The third-order valence-corrected chi connectivity index (χ3v) is 3.85. The molecule has 0 saturated heterocycles. The minimum atomic E-state index is -0.680. The van der Waals surface area contributed by atoms with Crippen LogP contribution in [0.5, 0.6) is 0 Å². The molecule has 0 unspecified atom stereocenters. The molecule has 98 valence electrons. The summed E-state index contributed by atoms with van der Waals surface area (Å²) in [6, 6.07) is 7.44. The van der Waals surface area contributed by atoms with Crippen molar-refractivity contribution < 1.29 is 14.0 Å². The second-order valence-electron chi connectivity index (χ2n) is 3.78. The zero-order valence-corrected chi connectivity index (χ0v) is 11.4. The number of thiophene rings is 1. The number of nitrogens with one attached hydrogen (secondary N) is 1. The highest BCUT2D eigenvalue weighted by atomic mass is 35.5. The molecule has 6 heteroatoms. The number of halogens is 2. The largest absolute Gasteiger partial charge is 0.319 e. The average molecular weight is 298 g/mol. The molecular weight excluding hydrogens is 289 g/mol. The summed E-state index contributed by atoms with van der Waals surface area (Å²) >= 11 is 6.68. The van der Waals surface area contributed by atoms with Crippen LogP contribution in [-0.4, -0.2) is 11.7 Å².